The van der Waals surface area contributed by atoms with Gasteiger partial charge in [0.1, 0.15) is 0 Å². The lowest BCUT2D eigenvalue weighted by Crippen LogP contribution is -2.36. The molecular weight excluding hydrogens is 280 g/mol. The standard InChI is InChI=1S/C16H22N4S/c1-12-15(13(2)20(4)18-12)11-19(3)16(21)17-10-14-8-6-5-7-9-14/h5-9H,10-11H2,1-4H3,(H,17,21). The molecule has 0 saturated carbocycles. The van der Waals surface area contributed by atoms with E-state index in [1.165, 1.54) is 16.8 Å². The quantitative estimate of drug-likeness (QED) is 0.880. The highest BCUT2D eigenvalue weighted by atomic mass is 32.1. The number of benzene rings is 1. The maximum absolute atomic E-state index is 5.46. The van der Waals surface area contributed by atoms with Crippen molar-refractivity contribution in [3.05, 3.63) is 52.8 Å². The van der Waals surface area contributed by atoms with Gasteiger partial charge in [0.05, 0.1) is 5.69 Å². The summed E-state index contributed by atoms with van der Waals surface area (Å²) in [4.78, 5) is 2.05. The largest absolute Gasteiger partial charge is 0.358 e. The summed E-state index contributed by atoms with van der Waals surface area (Å²) in [5.74, 6) is 0. The van der Waals surface area contributed by atoms with Crippen LogP contribution in [0.1, 0.15) is 22.5 Å². The molecule has 0 saturated heterocycles. The second kappa shape index (κ2) is 6.72. The minimum atomic E-state index is 0.745. The van der Waals surface area contributed by atoms with Gasteiger partial charge in [0, 0.05) is 38.4 Å². The van der Waals surface area contributed by atoms with Crippen LogP contribution in [0.5, 0.6) is 0 Å². The molecule has 5 heteroatoms. The highest BCUT2D eigenvalue weighted by Gasteiger charge is 2.13. The number of rotatable bonds is 4. The molecule has 112 valence electrons. The molecule has 2 aromatic rings. The molecule has 0 spiro atoms. The summed E-state index contributed by atoms with van der Waals surface area (Å²) in [5, 5.41) is 8.49. The molecule has 0 amide bonds. The van der Waals surface area contributed by atoms with E-state index in [1.54, 1.807) is 0 Å². The lowest BCUT2D eigenvalue weighted by molar-refractivity contribution is 0.485. The summed E-state index contributed by atoms with van der Waals surface area (Å²) in [6, 6.07) is 10.3. The van der Waals surface area contributed by atoms with Gasteiger partial charge in [0.2, 0.25) is 0 Å². The Bertz CT molecular complexity index is 619. The zero-order chi connectivity index (χ0) is 15.4. The number of nitrogens with zero attached hydrogens (tertiary/aromatic N) is 3. The van der Waals surface area contributed by atoms with E-state index >= 15 is 0 Å². The van der Waals surface area contributed by atoms with Crippen LogP contribution in [0.25, 0.3) is 0 Å². The Balaban J connectivity index is 1.93. The Morgan fingerprint density at radius 2 is 1.95 bits per heavy atom. The fourth-order valence-electron chi connectivity index (χ4n) is 2.26. The zero-order valence-corrected chi connectivity index (χ0v) is 13.9. The second-order valence-electron chi connectivity index (χ2n) is 5.27. The first-order valence-electron chi connectivity index (χ1n) is 7.01. The molecule has 0 fully saturated rings. The van der Waals surface area contributed by atoms with Crippen LogP contribution in [0, 0.1) is 13.8 Å². The van der Waals surface area contributed by atoms with Crippen LogP contribution in [-0.4, -0.2) is 26.8 Å². The van der Waals surface area contributed by atoms with Crippen LogP contribution >= 0.6 is 12.2 Å². The predicted molar refractivity (Wildman–Crippen MR) is 90.0 cm³/mol. The van der Waals surface area contributed by atoms with Gasteiger partial charge in [-0.2, -0.15) is 5.10 Å². The van der Waals surface area contributed by atoms with Crippen LogP contribution in [0.4, 0.5) is 0 Å². The van der Waals surface area contributed by atoms with Crippen molar-refractivity contribution in [3.8, 4) is 0 Å². The summed E-state index contributed by atoms with van der Waals surface area (Å²) in [7, 11) is 3.98. The second-order valence-corrected chi connectivity index (χ2v) is 5.66. The van der Waals surface area contributed by atoms with Gasteiger partial charge in [-0.1, -0.05) is 30.3 Å². The average molecular weight is 302 g/mol. The molecule has 0 unspecified atom stereocenters. The highest BCUT2D eigenvalue weighted by Crippen LogP contribution is 2.14. The Hall–Kier alpha value is -1.88. The van der Waals surface area contributed by atoms with Gasteiger partial charge in [-0.3, -0.25) is 4.68 Å². The van der Waals surface area contributed by atoms with E-state index in [1.807, 2.05) is 43.9 Å². The highest BCUT2D eigenvalue weighted by molar-refractivity contribution is 7.80. The maximum Gasteiger partial charge on any atom is 0.169 e. The number of nitrogens with one attached hydrogen (secondary N) is 1. The third-order valence-corrected chi connectivity index (χ3v) is 4.14. The summed E-state index contributed by atoms with van der Waals surface area (Å²) in [5.41, 5.74) is 4.71. The zero-order valence-electron chi connectivity index (χ0n) is 13.1. The molecule has 1 aromatic heterocycles. The Kier molecular flexibility index (Phi) is 4.96. The van der Waals surface area contributed by atoms with Crippen molar-refractivity contribution in [3.63, 3.8) is 0 Å². The smallest absolute Gasteiger partial charge is 0.169 e. The molecule has 0 aliphatic carbocycles. The fraction of sp³-hybridized carbons (Fsp3) is 0.375. The van der Waals surface area contributed by atoms with E-state index in [0.29, 0.717) is 0 Å². The van der Waals surface area contributed by atoms with E-state index in [4.69, 9.17) is 12.2 Å². The molecule has 0 bridgehead atoms. The molecular formula is C16H22N4S. The summed E-state index contributed by atoms with van der Waals surface area (Å²) < 4.78 is 1.92. The molecule has 4 nitrogen and oxygen atoms in total. The van der Waals surface area contributed by atoms with Crippen molar-refractivity contribution in [2.45, 2.75) is 26.9 Å². The van der Waals surface area contributed by atoms with Gasteiger partial charge < -0.3 is 10.2 Å². The van der Waals surface area contributed by atoms with Crippen molar-refractivity contribution < 1.29 is 0 Å². The Morgan fingerprint density at radius 1 is 1.29 bits per heavy atom. The van der Waals surface area contributed by atoms with Crippen molar-refractivity contribution in [2.24, 2.45) is 7.05 Å². The number of hydrogen-bond donors (Lipinski definition) is 1. The SMILES string of the molecule is Cc1nn(C)c(C)c1CN(C)C(=S)NCc1ccccc1. The molecule has 0 atom stereocenters. The van der Waals surface area contributed by atoms with Crippen LogP contribution in [0.2, 0.25) is 0 Å². The summed E-state index contributed by atoms with van der Waals surface area (Å²) >= 11 is 5.46. The van der Waals surface area contributed by atoms with E-state index in [-0.39, 0.29) is 0 Å². The van der Waals surface area contributed by atoms with Gasteiger partial charge in [-0.15, -0.1) is 0 Å². The first kappa shape index (κ1) is 15.5. The third-order valence-electron chi connectivity index (χ3n) is 3.69. The normalized spacial score (nSPS) is 10.5. The summed E-state index contributed by atoms with van der Waals surface area (Å²) in [6.07, 6.45) is 0. The van der Waals surface area contributed by atoms with Crippen molar-refractivity contribution in [2.75, 3.05) is 7.05 Å². The number of aryl methyl sites for hydroxylation is 2. The van der Waals surface area contributed by atoms with Crippen LogP contribution < -0.4 is 5.32 Å². The Labute approximate surface area is 131 Å². The monoisotopic (exact) mass is 302 g/mol. The van der Waals surface area contributed by atoms with Crippen molar-refractivity contribution in [1.29, 1.82) is 0 Å². The van der Waals surface area contributed by atoms with Crippen LogP contribution in [-0.2, 0) is 20.1 Å². The van der Waals surface area contributed by atoms with Gasteiger partial charge >= 0.3 is 0 Å². The summed E-state index contributed by atoms with van der Waals surface area (Å²) in [6.45, 7) is 5.64. The molecule has 0 aliphatic heterocycles. The van der Waals surface area contributed by atoms with Gasteiger partial charge in [-0.05, 0) is 31.6 Å². The molecule has 1 N–H and O–H groups in total. The lowest BCUT2D eigenvalue weighted by Gasteiger charge is -2.21. The number of hydrogen-bond acceptors (Lipinski definition) is 2. The third kappa shape index (κ3) is 3.82. The molecule has 2 rings (SSSR count). The first-order valence-corrected chi connectivity index (χ1v) is 7.42. The molecule has 0 radical (unpaired) electrons. The molecule has 1 heterocycles. The average Bonchev–Trinajstić information content (AvgIpc) is 2.72. The molecule has 21 heavy (non-hydrogen) atoms. The van der Waals surface area contributed by atoms with E-state index in [2.05, 4.69) is 34.4 Å². The molecule has 1 aromatic carbocycles. The Morgan fingerprint density at radius 3 is 2.52 bits per heavy atom. The van der Waals surface area contributed by atoms with E-state index < -0.39 is 0 Å². The topological polar surface area (TPSA) is 33.1 Å². The van der Waals surface area contributed by atoms with Crippen molar-refractivity contribution in [1.82, 2.24) is 20.0 Å². The van der Waals surface area contributed by atoms with Gasteiger partial charge in [0.15, 0.2) is 5.11 Å². The maximum atomic E-state index is 5.46. The van der Waals surface area contributed by atoms with E-state index in [9.17, 15) is 0 Å². The minimum absolute atomic E-state index is 0.745. The number of aromatic nitrogens is 2. The lowest BCUT2D eigenvalue weighted by atomic mass is 10.2. The van der Waals surface area contributed by atoms with Crippen molar-refractivity contribution >= 4 is 17.3 Å². The van der Waals surface area contributed by atoms with Gasteiger partial charge in [-0.25, -0.2) is 0 Å². The minimum Gasteiger partial charge on any atom is -0.358 e. The van der Waals surface area contributed by atoms with Crippen LogP contribution in [0.15, 0.2) is 30.3 Å². The van der Waals surface area contributed by atoms with Gasteiger partial charge in [0.25, 0.3) is 0 Å². The fourth-order valence-corrected chi connectivity index (χ4v) is 2.40. The van der Waals surface area contributed by atoms with E-state index in [0.717, 1.165) is 23.9 Å². The number of thiocarbonyl (C=S) groups is 1. The first-order chi connectivity index (χ1) is 9.99. The van der Waals surface area contributed by atoms with Crippen LogP contribution in [0.3, 0.4) is 0 Å². The predicted octanol–water partition coefficient (Wildman–Crippen LogP) is 2.54. The molecule has 0 aliphatic rings.